The Morgan fingerprint density at radius 3 is 2.32 bits per heavy atom. The van der Waals surface area contributed by atoms with Crippen molar-refractivity contribution in [3.8, 4) is 0 Å². The Balaban J connectivity index is 1.26. The van der Waals surface area contributed by atoms with Gasteiger partial charge in [0.05, 0.1) is 5.41 Å². The molecule has 0 bridgehead atoms. The van der Waals surface area contributed by atoms with Gasteiger partial charge in [-0.25, -0.2) is 0 Å². The lowest BCUT2D eigenvalue weighted by molar-refractivity contribution is -0.124. The Bertz CT molecular complexity index is 1040. The highest BCUT2D eigenvalue weighted by Crippen LogP contribution is 2.37. The van der Waals surface area contributed by atoms with E-state index in [1.807, 2.05) is 6.07 Å². The first-order chi connectivity index (χ1) is 15.1. The predicted molar refractivity (Wildman–Crippen MR) is 126 cm³/mol. The number of likely N-dealkylation sites (tertiary alicyclic amines) is 2. The zero-order chi connectivity index (χ0) is 21.3. The highest BCUT2D eigenvalue weighted by molar-refractivity contribution is 5.88. The molecule has 1 aromatic heterocycles. The lowest BCUT2D eigenvalue weighted by Crippen LogP contribution is -2.46. The van der Waals surface area contributed by atoms with E-state index in [2.05, 4.69) is 63.3 Å². The van der Waals surface area contributed by atoms with Gasteiger partial charge in [-0.3, -0.25) is 14.6 Å². The van der Waals surface area contributed by atoms with Gasteiger partial charge in [-0.05, 0) is 88.1 Å². The third-order valence-corrected chi connectivity index (χ3v) is 7.45. The topological polar surface area (TPSA) is 39.3 Å². The van der Waals surface area contributed by atoms with Crippen molar-refractivity contribution in [1.82, 2.24) is 14.8 Å². The largest absolute Gasteiger partial charge is 0.357 e. The molecule has 0 saturated carbocycles. The molecule has 0 atom stereocenters. The minimum atomic E-state index is -0.313. The molecule has 0 spiro atoms. The van der Waals surface area contributed by atoms with E-state index in [9.17, 15) is 4.79 Å². The van der Waals surface area contributed by atoms with Crippen LogP contribution in [0.4, 0.5) is 0 Å². The summed E-state index contributed by atoms with van der Waals surface area (Å²) in [6, 6.07) is 19.5. The van der Waals surface area contributed by atoms with Crippen LogP contribution in [0.5, 0.6) is 0 Å². The van der Waals surface area contributed by atoms with Crippen LogP contribution in [0, 0.1) is 0 Å². The smallest absolute Gasteiger partial charge is 0.140 e. The van der Waals surface area contributed by atoms with E-state index in [1.165, 1.54) is 53.7 Å². The van der Waals surface area contributed by atoms with Crippen molar-refractivity contribution in [3.63, 3.8) is 0 Å². The number of hydrogen-bond acceptors (Lipinski definition) is 3. The van der Waals surface area contributed by atoms with E-state index < -0.39 is 0 Å². The summed E-state index contributed by atoms with van der Waals surface area (Å²) in [4.78, 5) is 21.3. The van der Waals surface area contributed by atoms with E-state index in [1.54, 1.807) is 6.92 Å². The van der Waals surface area contributed by atoms with E-state index in [0.29, 0.717) is 5.78 Å². The van der Waals surface area contributed by atoms with Gasteiger partial charge in [-0.2, -0.15) is 0 Å². The van der Waals surface area contributed by atoms with Crippen LogP contribution in [0.2, 0.25) is 0 Å². The van der Waals surface area contributed by atoms with Crippen molar-refractivity contribution in [3.05, 3.63) is 71.4 Å². The quantitative estimate of drug-likeness (QED) is 0.623. The minimum Gasteiger partial charge on any atom is -0.357 e. The van der Waals surface area contributed by atoms with Crippen LogP contribution in [0.1, 0.15) is 49.4 Å². The van der Waals surface area contributed by atoms with Crippen molar-refractivity contribution < 1.29 is 4.79 Å². The van der Waals surface area contributed by atoms with E-state index in [-0.39, 0.29) is 5.41 Å². The minimum absolute atomic E-state index is 0.303. The summed E-state index contributed by atoms with van der Waals surface area (Å²) in [7, 11) is 0. The molecule has 3 heterocycles. The molecule has 31 heavy (non-hydrogen) atoms. The van der Waals surface area contributed by atoms with E-state index in [0.717, 1.165) is 39.0 Å². The van der Waals surface area contributed by atoms with Gasteiger partial charge in [0.2, 0.25) is 0 Å². The number of aromatic amines is 1. The normalized spacial score (nSPS) is 19.8. The zero-order valence-corrected chi connectivity index (χ0v) is 18.6. The first kappa shape index (κ1) is 20.5. The summed E-state index contributed by atoms with van der Waals surface area (Å²) in [5.41, 5.74) is 4.78. The number of H-pyrrole nitrogens is 1. The third-order valence-electron chi connectivity index (χ3n) is 7.45. The highest BCUT2D eigenvalue weighted by atomic mass is 16.1. The van der Waals surface area contributed by atoms with Crippen LogP contribution in [0.3, 0.4) is 0 Å². The zero-order valence-electron chi connectivity index (χ0n) is 18.6. The molecule has 5 rings (SSSR count). The predicted octanol–water partition coefficient (Wildman–Crippen LogP) is 4.89. The molecule has 0 aliphatic carbocycles. The Labute approximate surface area is 185 Å². The molecule has 3 aromatic rings. The number of nitrogens with one attached hydrogen (secondary N) is 1. The summed E-state index contributed by atoms with van der Waals surface area (Å²) in [5.74, 6) is 0.303. The molecule has 2 aliphatic heterocycles. The maximum atomic E-state index is 12.6. The summed E-state index contributed by atoms with van der Waals surface area (Å²) in [6.45, 7) is 8.11. The molecule has 0 radical (unpaired) electrons. The number of Topliss-reactive ketones (excluding diaryl/α,β-unsaturated/α-hetero) is 1. The lowest BCUT2D eigenvalue weighted by atomic mass is 9.70. The number of fused-ring (bicyclic) bond motifs is 1. The fourth-order valence-electron chi connectivity index (χ4n) is 5.56. The summed E-state index contributed by atoms with van der Waals surface area (Å²) in [6.07, 6.45) is 4.46. The first-order valence-corrected chi connectivity index (χ1v) is 11.7. The number of hydrogen-bond donors (Lipinski definition) is 1. The fraction of sp³-hybridized carbons (Fsp3) is 0.444. The maximum Gasteiger partial charge on any atom is 0.140 e. The Hall–Kier alpha value is -2.43. The van der Waals surface area contributed by atoms with Crippen molar-refractivity contribution in [2.24, 2.45) is 0 Å². The molecule has 2 aromatic carbocycles. The van der Waals surface area contributed by atoms with Gasteiger partial charge in [-0.1, -0.05) is 36.4 Å². The van der Waals surface area contributed by atoms with Crippen molar-refractivity contribution >= 4 is 16.7 Å². The number of nitrogens with zero attached hydrogens (tertiary/aromatic N) is 2. The lowest BCUT2D eigenvalue weighted by Gasteiger charge is -2.40. The SMILES string of the molecule is CC(=O)C1(c2ccccc2)CCN(Cc2ccc3[nH]c(CN4CCCC4)cc3c2)CC1. The second kappa shape index (κ2) is 8.60. The van der Waals surface area contributed by atoms with Gasteiger partial charge in [0, 0.05) is 29.7 Å². The van der Waals surface area contributed by atoms with Gasteiger partial charge in [0.25, 0.3) is 0 Å². The first-order valence-electron chi connectivity index (χ1n) is 11.7. The van der Waals surface area contributed by atoms with Gasteiger partial charge in [0.1, 0.15) is 5.78 Å². The summed E-state index contributed by atoms with van der Waals surface area (Å²) >= 11 is 0. The molecule has 2 fully saturated rings. The number of carbonyl (C=O) groups is 1. The van der Waals surface area contributed by atoms with Crippen LogP contribution in [-0.4, -0.2) is 46.7 Å². The molecule has 0 amide bonds. The third kappa shape index (κ3) is 4.19. The molecular formula is C27H33N3O. The Kier molecular flexibility index (Phi) is 5.68. The molecule has 1 N–H and O–H groups in total. The molecule has 4 nitrogen and oxygen atoms in total. The molecule has 0 unspecified atom stereocenters. The monoisotopic (exact) mass is 415 g/mol. The van der Waals surface area contributed by atoms with Gasteiger partial charge < -0.3 is 4.98 Å². The van der Waals surface area contributed by atoms with Crippen molar-refractivity contribution in [1.29, 1.82) is 0 Å². The molecule has 162 valence electrons. The molecule has 2 aliphatic rings. The van der Waals surface area contributed by atoms with Crippen LogP contribution in [-0.2, 0) is 23.3 Å². The number of ketones is 1. The average molecular weight is 416 g/mol. The second-order valence-electron chi connectivity index (χ2n) is 9.48. The van der Waals surface area contributed by atoms with E-state index >= 15 is 0 Å². The molecular weight excluding hydrogens is 382 g/mol. The Morgan fingerprint density at radius 2 is 1.61 bits per heavy atom. The maximum absolute atomic E-state index is 12.6. The molecule has 2 saturated heterocycles. The summed E-state index contributed by atoms with van der Waals surface area (Å²) in [5, 5.41) is 1.31. The number of rotatable bonds is 6. The van der Waals surface area contributed by atoms with Gasteiger partial charge in [-0.15, -0.1) is 0 Å². The van der Waals surface area contributed by atoms with Crippen molar-refractivity contribution in [2.75, 3.05) is 26.2 Å². The second-order valence-corrected chi connectivity index (χ2v) is 9.48. The van der Waals surface area contributed by atoms with Gasteiger partial charge in [0.15, 0.2) is 0 Å². The van der Waals surface area contributed by atoms with E-state index in [4.69, 9.17) is 0 Å². The average Bonchev–Trinajstić information content (AvgIpc) is 3.44. The number of benzene rings is 2. The van der Waals surface area contributed by atoms with Crippen LogP contribution < -0.4 is 0 Å². The Morgan fingerprint density at radius 1 is 0.903 bits per heavy atom. The highest BCUT2D eigenvalue weighted by Gasteiger charge is 2.40. The summed E-state index contributed by atoms with van der Waals surface area (Å²) < 4.78 is 0. The number of aromatic nitrogens is 1. The van der Waals surface area contributed by atoms with Crippen LogP contribution >= 0.6 is 0 Å². The fourth-order valence-corrected chi connectivity index (χ4v) is 5.56. The van der Waals surface area contributed by atoms with Gasteiger partial charge >= 0.3 is 0 Å². The van der Waals surface area contributed by atoms with Crippen LogP contribution in [0.15, 0.2) is 54.6 Å². The standard InChI is InChI=1S/C27H33N3O/c1-21(31)27(24-7-3-2-4-8-24)11-15-30(16-12-27)19-22-9-10-26-23(17-22)18-25(28-26)20-29-13-5-6-14-29/h2-4,7-10,17-18,28H,5-6,11-16,19-20H2,1H3. The number of piperidine rings is 1. The van der Waals surface area contributed by atoms with Crippen molar-refractivity contribution in [2.45, 2.75) is 51.1 Å². The molecule has 4 heteroatoms. The van der Waals surface area contributed by atoms with Crippen LogP contribution in [0.25, 0.3) is 10.9 Å². The number of carbonyl (C=O) groups excluding carboxylic acids is 1.